The Labute approximate surface area is 104 Å². The molecule has 1 N–H and O–H groups in total. The maximum Gasteiger partial charge on any atom is 0.415 e. The van der Waals surface area contributed by atoms with Crippen LogP contribution in [-0.2, 0) is 4.74 Å². The molecule has 2 heterocycles. The van der Waals surface area contributed by atoms with Gasteiger partial charge in [0.05, 0.1) is 6.54 Å². The molecule has 1 unspecified atom stereocenters. The van der Waals surface area contributed by atoms with Crippen LogP contribution < -0.4 is 4.90 Å². The summed E-state index contributed by atoms with van der Waals surface area (Å²) in [5.74, 6) is 2.14. The number of phenols is 1. The normalized spacial score (nSPS) is 27.8. The molecule has 1 spiro atoms. The van der Waals surface area contributed by atoms with Crippen molar-refractivity contribution in [3.63, 3.8) is 0 Å². The number of phenolic OH excluding ortho intramolecular Hbond substituents is 1. The van der Waals surface area contributed by atoms with Gasteiger partial charge in [0.25, 0.3) is 0 Å². The molecule has 0 aliphatic carbocycles. The molecular weight excluding hydrogens is 238 g/mol. The molecule has 2 fully saturated rings. The molecule has 1 aromatic rings. The molecule has 17 heavy (non-hydrogen) atoms. The monoisotopic (exact) mass is 251 g/mol. The molecule has 0 radical (unpaired) electrons. The number of anilines is 1. The standard InChI is InChI=1S/C12H13NO3S/c14-10-3-1-9(2-4-10)13-7-12(16-11(13)15)5-6-17-8-12/h1-4,14H,5-8H2. The lowest BCUT2D eigenvalue weighted by atomic mass is 10.0. The molecule has 2 saturated heterocycles. The third-order valence-electron chi connectivity index (χ3n) is 3.20. The number of benzene rings is 1. The third kappa shape index (κ3) is 1.84. The molecule has 2 aliphatic rings. The second-order valence-corrected chi connectivity index (χ2v) is 5.56. The van der Waals surface area contributed by atoms with Gasteiger partial charge in [0.2, 0.25) is 0 Å². The Kier molecular flexibility index (Phi) is 2.43. The van der Waals surface area contributed by atoms with Gasteiger partial charge >= 0.3 is 6.09 Å². The van der Waals surface area contributed by atoms with Crippen molar-refractivity contribution in [1.82, 2.24) is 0 Å². The first-order chi connectivity index (χ1) is 8.19. The summed E-state index contributed by atoms with van der Waals surface area (Å²) in [6, 6.07) is 6.63. The van der Waals surface area contributed by atoms with Gasteiger partial charge in [-0.2, -0.15) is 11.8 Å². The van der Waals surface area contributed by atoms with Gasteiger partial charge in [-0.3, -0.25) is 4.90 Å². The summed E-state index contributed by atoms with van der Waals surface area (Å²) >= 11 is 1.83. The van der Waals surface area contributed by atoms with E-state index in [0.717, 1.165) is 23.6 Å². The molecule has 5 heteroatoms. The predicted molar refractivity (Wildman–Crippen MR) is 66.6 cm³/mol. The van der Waals surface area contributed by atoms with Crippen LogP contribution in [0.5, 0.6) is 5.75 Å². The fourth-order valence-electron chi connectivity index (χ4n) is 2.25. The SMILES string of the molecule is O=C1OC2(CCSC2)CN1c1ccc(O)cc1. The van der Waals surface area contributed by atoms with Crippen molar-refractivity contribution in [2.45, 2.75) is 12.0 Å². The number of carbonyl (C=O) groups excluding carboxylic acids is 1. The zero-order valence-corrected chi connectivity index (χ0v) is 10.1. The van der Waals surface area contributed by atoms with E-state index < -0.39 is 0 Å². The van der Waals surface area contributed by atoms with Gasteiger partial charge in [0, 0.05) is 11.4 Å². The summed E-state index contributed by atoms with van der Waals surface area (Å²) in [7, 11) is 0. The summed E-state index contributed by atoms with van der Waals surface area (Å²) in [5, 5.41) is 9.23. The highest BCUT2D eigenvalue weighted by molar-refractivity contribution is 7.99. The number of hydrogen-bond acceptors (Lipinski definition) is 4. The van der Waals surface area contributed by atoms with Crippen molar-refractivity contribution >= 4 is 23.5 Å². The summed E-state index contributed by atoms with van der Waals surface area (Å²) in [6.45, 7) is 0.615. The lowest BCUT2D eigenvalue weighted by molar-refractivity contribution is 0.0782. The van der Waals surface area contributed by atoms with Crippen molar-refractivity contribution in [1.29, 1.82) is 0 Å². The maximum atomic E-state index is 11.9. The van der Waals surface area contributed by atoms with Gasteiger partial charge in [0.1, 0.15) is 11.4 Å². The van der Waals surface area contributed by atoms with Crippen LogP contribution >= 0.6 is 11.8 Å². The van der Waals surface area contributed by atoms with Crippen molar-refractivity contribution in [2.24, 2.45) is 0 Å². The molecule has 0 aromatic heterocycles. The molecule has 1 atom stereocenters. The van der Waals surface area contributed by atoms with Crippen molar-refractivity contribution in [3.05, 3.63) is 24.3 Å². The molecular formula is C12H13NO3S. The Morgan fingerprint density at radius 3 is 2.76 bits per heavy atom. The number of carbonyl (C=O) groups is 1. The first-order valence-corrected chi connectivity index (χ1v) is 6.71. The first kappa shape index (κ1) is 10.8. The van der Waals surface area contributed by atoms with Crippen LogP contribution in [0.3, 0.4) is 0 Å². The molecule has 2 aliphatic heterocycles. The van der Waals surface area contributed by atoms with Crippen molar-refractivity contribution in [3.8, 4) is 5.75 Å². The van der Waals surface area contributed by atoms with E-state index in [-0.39, 0.29) is 17.4 Å². The maximum absolute atomic E-state index is 11.9. The number of aromatic hydroxyl groups is 1. The lowest BCUT2D eigenvalue weighted by Gasteiger charge is -2.19. The minimum Gasteiger partial charge on any atom is -0.508 e. The van der Waals surface area contributed by atoms with E-state index >= 15 is 0 Å². The van der Waals surface area contributed by atoms with Gasteiger partial charge in [-0.15, -0.1) is 0 Å². The second-order valence-electron chi connectivity index (χ2n) is 4.46. The number of hydrogen-bond donors (Lipinski definition) is 1. The van der Waals surface area contributed by atoms with E-state index in [4.69, 9.17) is 4.74 Å². The molecule has 1 amide bonds. The highest BCUT2D eigenvalue weighted by Crippen LogP contribution is 2.38. The largest absolute Gasteiger partial charge is 0.508 e. The fraction of sp³-hybridized carbons (Fsp3) is 0.417. The van der Waals surface area contributed by atoms with E-state index in [2.05, 4.69) is 0 Å². The van der Waals surface area contributed by atoms with Crippen LogP contribution in [0.1, 0.15) is 6.42 Å². The van der Waals surface area contributed by atoms with Crippen LogP contribution in [0.4, 0.5) is 10.5 Å². The molecule has 90 valence electrons. The Morgan fingerprint density at radius 2 is 2.12 bits per heavy atom. The highest BCUT2D eigenvalue weighted by Gasteiger charge is 2.47. The average Bonchev–Trinajstić information content (AvgIpc) is 2.88. The number of ether oxygens (including phenoxy) is 1. The number of amides is 1. The highest BCUT2D eigenvalue weighted by atomic mass is 32.2. The molecule has 3 rings (SSSR count). The summed E-state index contributed by atoms with van der Waals surface area (Å²) < 4.78 is 5.51. The zero-order valence-electron chi connectivity index (χ0n) is 9.26. The smallest absolute Gasteiger partial charge is 0.415 e. The summed E-state index contributed by atoms with van der Waals surface area (Å²) in [5.41, 5.74) is 0.487. The first-order valence-electron chi connectivity index (χ1n) is 5.56. The molecule has 4 nitrogen and oxygen atoms in total. The number of rotatable bonds is 1. The van der Waals surface area contributed by atoms with Crippen LogP contribution in [-0.4, -0.2) is 34.9 Å². The average molecular weight is 251 g/mol. The van der Waals surface area contributed by atoms with Gasteiger partial charge in [-0.1, -0.05) is 0 Å². The fourth-order valence-corrected chi connectivity index (χ4v) is 3.58. The topological polar surface area (TPSA) is 49.8 Å². The van der Waals surface area contributed by atoms with Crippen LogP contribution in [0.25, 0.3) is 0 Å². The minimum absolute atomic E-state index is 0.201. The Hall–Kier alpha value is -1.36. The zero-order chi connectivity index (χ0) is 11.9. The van der Waals surface area contributed by atoms with Gasteiger partial charge in [-0.25, -0.2) is 4.79 Å². The van der Waals surface area contributed by atoms with E-state index in [1.54, 1.807) is 29.2 Å². The summed E-state index contributed by atoms with van der Waals surface area (Å²) in [4.78, 5) is 13.5. The van der Waals surface area contributed by atoms with Crippen molar-refractivity contribution in [2.75, 3.05) is 23.0 Å². The quantitative estimate of drug-likeness (QED) is 0.831. The van der Waals surface area contributed by atoms with E-state index in [9.17, 15) is 9.90 Å². The van der Waals surface area contributed by atoms with E-state index in [1.807, 2.05) is 11.8 Å². The molecule has 0 saturated carbocycles. The minimum atomic E-state index is -0.292. The van der Waals surface area contributed by atoms with Gasteiger partial charge < -0.3 is 9.84 Å². The summed E-state index contributed by atoms with van der Waals surface area (Å²) in [6.07, 6.45) is 0.649. The van der Waals surface area contributed by atoms with E-state index in [1.165, 1.54) is 0 Å². The Bertz CT molecular complexity index is 440. The number of thioether (sulfide) groups is 1. The van der Waals surface area contributed by atoms with Gasteiger partial charge in [-0.05, 0) is 36.4 Å². The Balaban J connectivity index is 1.85. The molecule has 1 aromatic carbocycles. The molecule has 0 bridgehead atoms. The van der Waals surface area contributed by atoms with Crippen LogP contribution in [0.2, 0.25) is 0 Å². The van der Waals surface area contributed by atoms with Gasteiger partial charge in [0.15, 0.2) is 0 Å². The lowest BCUT2D eigenvalue weighted by Crippen LogP contribution is -2.34. The Morgan fingerprint density at radius 1 is 1.35 bits per heavy atom. The second kappa shape index (κ2) is 3.84. The van der Waals surface area contributed by atoms with Crippen molar-refractivity contribution < 1.29 is 14.6 Å². The number of nitrogens with zero attached hydrogens (tertiary/aromatic N) is 1. The third-order valence-corrected chi connectivity index (χ3v) is 4.42. The van der Waals surface area contributed by atoms with Crippen LogP contribution in [0, 0.1) is 0 Å². The predicted octanol–water partition coefficient (Wildman–Crippen LogP) is 2.22. The van der Waals surface area contributed by atoms with Crippen LogP contribution in [0.15, 0.2) is 24.3 Å². The van der Waals surface area contributed by atoms with E-state index in [0.29, 0.717) is 6.54 Å².